The topological polar surface area (TPSA) is 107 Å². The van der Waals surface area contributed by atoms with E-state index in [-0.39, 0.29) is 24.1 Å². The molecule has 0 saturated carbocycles. The average molecular weight is 571 g/mol. The van der Waals surface area contributed by atoms with Gasteiger partial charge in [0.25, 0.3) is 0 Å². The highest BCUT2D eigenvalue weighted by Gasteiger charge is 2.25. The molecule has 190 valence electrons. The van der Waals surface area contributed by atoms with Crippen molar-refractivity contribution < 1.29 is 42.1 Å². The van der Waals surface area contributed by atoms with E-state index in [4.69, 9.17) is 28.0 Å². The molecule has 0 aliphatic carbocycles. The van der Waals surface area contributed by atoms with Gasteiger partial charge in [0.05, 0.1) is 5.33 Å². The molecule has 0 aromatic heterocycles. The Morgan fingerprint density at radius 3 is 1.63 bits per heavy atom. The molecule has 0 fully saturated rings. The molecule has 0 bridgehead atoms. The SMILES string of the molecule is COP(=O)(CC(=O)Cc1ccc2c(c1)OCCO2)OC.O=C(CBr)Cc1ccc2c(c1)OCCO2. The molecule has 4 rings (SSSR count). The van der Waals surface area contributed by atoms with Crippen molar-refractivity contribution in [2.75, 3.05) is 52.1 Å². The predicted octanol–water partition coefficient (Wildman–Crippen LogP) is 4.02. The molecule has 0 N–H and O–H groups in total. The molecule has 2 aliphatic heterocycles. The van der Waals surface area contributed by atoms with Crippen molar-refractivity contribution in [3.05, 3.63) is 47.5 Å². The van der Waals surface area contributed by atoms with Crippen LogP contribution < -0.4 is 18.9 Å². The number of ether oxygens (including phenoxy) is 4. The Labute approximate surface area is 212 Å². The molecule has 0 unspecified atom stereocenters. The third-order valence-electron chi connectivity index (χ3n) is 5.09. The molecule has 11 heteroatoms. The van der Waals surface area contributed by atoms with Crippen molar-refractivity contribution >= 4 is 35.1 Å². The first-order valence-corrected chi connectivity index (χ1v) is 13.8. The van der Waals surface area contributed by atoms with Crippen LogP contribution in [0.1, 0.15) is 11.1 Å². The van der Waals surface area contributed by atoms with E-state index in [9.17, 15) is 14.2 Å². The highest BCUT2D eigenvalue weighted by atomic mass is 79.9. The van der Waals surface area contributed by atoms with Crippen molar-refractivity contribution in [1.82, 2.24) is 0 Å². The number of alkyl halides is 1. The van der Waals surface area contributed by atoms with Gasteiger partial charge in [-0.3, -0.25) is 14.2 Å². The summed E-state index contributed by atoms with van der Waals surface area (Å²) >= 11 is 3.14. The van der Waals surface area contributed by atoms with Crippen LogP contribution in [0.2, 0.25) is 0 Å². The van der Waals surface area contributed by atoms with E-state index in [0.717, 1.165) is 22.6 Å². The number of ketones is 2. The van der Waals surface area contributed by atoms with E-state index in [1.54, 1.807) is 18.2 Å². The summed E-state index contributed by atoms with van der Waals surface area (Å²) < 4.78 is 43.1. The number of rotatable bonds is 9. The fourth-order valence-corrected chi connectivity index (χ4v) is 4.52. The minimum Gasteiger partial charge on any atom is -0.486 e. The summed E-state index contributed by atoms with van der Waals surface area (Å²) in [6.07, 6.45) is 0.337. The second-order valence-electron chi connectivity index (χ2n) is 7.65. The van der Waals surface area contributed by atoms with Crippen molar-refractivity contribution in [3.8, 4) is 23.0 Å². The molecular formula is C24H28BrO9P. The Balaban J connectivity index is 0.000000203. The molecular weight excluding hydrogens is 543 g/mol. The van der Waals surface area contributed by atoms with Crippen LogP contribution in [0.25, 0.3) is 0 Å². The van der Waals surface area contributed by atoms with Gasteiger partial charge in [0.1, 0.15) is 44.2 Å². The Kier molecular flexibility index (Phi) is 10.2. The van der Waals surface area contributed by atoms with Crippen LogP contribution in [-0.2, 0) is 36.0 Å². The zero-order valence-electron chi connectivity index (χ0n) is 19.6. The average Bonchev–Trinajstić information content (AvgIpc) is 2.88. The number of hydrogen-bond donors (Lipinski definition) is 0. The molecule has 0 saturated heterocycles. The van der Waals surface area contributed by atoms with Gasteiger partial charge in [0.15, 0.2) is 23.0 Å². The van der Waals surface area contributed by atoms with Crippen LogP contribution in [0.4, 0.5) is 0 Å². The zero-order valence-corrected chi connectivity index (χ0v) is 22.1. The van der Waals surface area contributed by atoms with E-state index < -0.39 is 7.60 Å². The minimum absolute atomic E-state index is 0.146. The molecule has 9 nitrogen and oxygen atoms in total. The predicted molar refractivity (Wildman–Crippen MR) is 133 cm³/mol. The molecule has 35 heavy (non-hydrogen) atoms. The monoisotopic (exact) mass is 570 g/mol. The van der Waals surface area contributed by atoms with Crippen LogP contribution in [0.15, 0.2) is 36.4 Å². The number of halogens is 1. The van der Waals surface area contributed by atoms with Crippen LogP contribution >= 0.6 is 23.5 Å². The maximum absolute atomic E-state index is 11.9. The molecule has 0 atom stereocenters. The minimum atomic E-state index is -3.30. The van der Waals surface area contributed by atoms with Gasteiger partial charge >= 0.3 is 7.60 Å². The van der Waals surface area contributed by atoms with Crippen molar-refractivity contribution in [3.63, 3.8) is 0 Å². The Morgan fingerprint density at radius 2 is 1.20 bits per heavy atom. The second-order valence-corrected chi connectivity index (χ2v) is 10.5. The summed E-state index contributed by atoms with van der Waals surface area (Å²) in [5, 5.41) is 0.390. The van der Waals surface area contributed by atoms with Gasteiger partial charge in [-0.25, -0.2) is 0 Å². The van der Waals surface area contributed by atoms with E-state index in [1.165, 1.54) is 14.2 Å². The smallest absolute Gasteiger partial charge is 0.337 e. The molecule has 2 aromatic rings. The Hall–Kier alpha value is -2.39. The van der Waals surface area contributed by atoms with Crippen molar-refractivity contribution in [2.24, 2.45) is 0 Å². The highest BCUT2D eigenvalue weighted by molar-refractivity contribution is 9.09. The molecule has 2 aromatic carbocycles. The van der Waals surface area contributed by atoms with Gasteiger partial charge in [-0.2, -0.15) is 0 Å². The van der Waals surface area contributed by atoms with E-state index in [1.807, 2.05) is 18.2 Å². The van der Waals surface area contributed by atoms with Gasteiger partial charge in [0.2, 0.25) is 0 Å². The van der Waals surface area contributed by atoms with Gasteiger partial charge in [-0.1, -0.05) is 28.1 Å². The summed E-state index contributed by atoms with van der Waals surface area (Å²) in [6, 6.07) is 10.9. The number of carbonyl (C=O) groups is 2. The lowest BCUT2D eigenvalue weighted by Crippen LogP contribution is -2.16. The Morgan fingerprint density at radius 1 is 0.771 bits per heavy atom. The van der Waals surface area contributed by atoms with Gasteiger partial charge < -0.3 is 28.0 Å². The first kappa shape index (κ1) is 27.2. The lowest BCUT2D eigenvalue weighted by Gasteiger charge is -2.19. The van der Waals surface area contributed by atoms with Crippen molar-refractivity contribution in [1.29, 1.82) is 0 Å². The van der Waals surface area contributed by atoms with E-state index >= 15 is 0 Å². The van der Waals surface area contributed by atoms with Gasteiger partial charge in [-0.05, 0) is 35.4 Å². The largest absolute Gasteiger partial charge is 0.486 e. The molecule has 2 heterocycles. The maximum atomic E-state index is 11.9. The zero-order chi connectivity index (χ0) is 25.3. The third-order valence-corrected chi connectivity index (χ3v) is 7.57. The van der Waals surface area contributed by atoms with Crippen LogP contribution in [-0.4, -0.2) is 63.7 Å². The fourth-order valence-electron chi connectivity index (χ4n) is 3.37. The Bertz CT molecular complexity index is 1080. The first-order chi connectivity index (χ1) is 16.9. The van der Waals surface area contributed by atoms with Crippen LogP contribution in [0, 0.1) is 0 Å². The molecule has 0 spiro atoms. The van der Waals surface area contributed by atoms with E-state index in [2.05, 4.69) is 15.9 Å². The third kappa shape index (κ3) is 8.07. The van der Waals surface area contributed by atoms with Gasteiger partial charge in [0, 0.05) is 27.1 Å². The molecule has 2 aliphatic rings. The number of benzene rings is 2. The number of carbonyl (C=O) groups excluding carboxylic acids is 2. The first-order valence-electron chi connectivity index (χ1n) is 10.9. The van der Waals surface area contributed by atoms with E-state index in [0.29, 0.717) is 49.7 Å². The standard InChI is InChI=1S/C13H17O6P.C11H11BrO3/c1-16-20(15,17-2)9-11(14)7-10-3-4-12-13(8-10)19-6-5-18-12;12-7-9(13)5-8-1-2-10-11(6-8)15-4-3-14-10/h3-4,8H,5-7,9H2,1-2H3;1-2,6H,3-5,7H2. The lowest BCUT2D eigenvalue weighted by molar-refractivity contribution is -0.117. The maximum Gasteiger partial charge on any atom is 0.337 e. The summed E-state index contributed by atoms with van der Waals surface area (Å²) in [4.78, 5) is 23.1. The lowest BCUT2D eigenvalue weighted by atomic mass is 10.1. The quantitative estimate of drug-likeness (QED) is 0.326. The summed E-state index contributed by atoms with van der Waals surface area (Å²) in [5.41, 5.74) is 1.74. The van der Waals surface area contributed by atoms with Gasteiger partial charge in [-0.15, -0.1) is 0 Å². The van der Waals surface area contributed by atoms with Crippen molar-refractivity contribution in [2.45, 2.75) is 12.8 Å². The second kappa shape index (κ2) is 13.1. The highest BCUT2D eigenvalue weighted by Crippen LogP contribution is 2.46. The molecule has 0 radical (unpaired) electrons. The number of hydrogen-bond acceptors (Lipinski definition) is 9. The van der Waals surface area contributed by atoms with Crippen LogP contribution in [0.5, 0.6) is 23.0 Å². The summed E-state index contributed by atoms with van der Waals surface area (Å²) in [7, 11) is -0.772. The fraction of sp³-hybridized carbons (Fsp3) is 0.417. The number of Topliss-reactive ketones (excluding diaryl/α,β-unsaturated/α-hetero) is 2. The summed E-state index contributed by atoms with van der Waals surface area (Å²) in [5.74, 6) is 2.74. The summed E-state index contributed by atoms with van der Waals surface area (Å²) in [6.45, 7) is 2.18. The molecule has 0 amide bonds. The van der Waals surface area contributed by atoms with Crippen LogP contribution in [0.3, 0.4) is 0 Å². The number of fused-ring (bicyclic) bond motifs is 2. The normalized spacial score (nSPS) is 13.9.